The van der Waals surface area contributed by atoms with Gasteiger partial charge in [0.15, 0.2) is 0 Å². The third kappa shape index (κ3) is 1.48. The van der Waals surface area contributed by atoms with Gasteiger partial charge in [0.25, 0.3) is 0 Å². The van der Waals surface area contributed by atoms with Crippen molar-refractivity contribution in [3.8, 4) is 16.2 Å². The molecule has 3 aromatic rings. The summed E-state index contributed by atoms with van der Waals surface area (Å²) in [5, 5.41) is 14.2. The molecule has 1 aromatic heterocycles. The van der Waals surface area contributed by atoms with Gasteiger partial charge >= 0.3 is 0 Å². The van der Waals surface area contributed by atoms with Gasteiger partial charge < -0.3 is 5.11 Å². The van der Waals surface area contributed by atoms with Crippen LogP contribution in [-0.2, 0) is 0 Å². The van der Waals surface area contributed by atoms with Crippen molar-refractivity contribution < 1.29 is 5.11 Å². The third-order valence-electron chi connectivity index (χ3n) is 2.65. The molecule has 0 fully saturated rings. The molecular weight excluding hydrogens is 216 g/mol. The Morgan fingerprint density at radius 3 is 2.31 bits per heavy atom. The maximum atomic E-state index is 9.99. The van der Waals surface area contributed by atoms with Gasteiger partial charge in [0, 0.05) is 10.4 Å². The molecule has 16 heavy (non-hydrogen) atoms. The monoisotopic (exact) mass is 226 g/mol. The molecule has 0 amide bonds. The standard InChI is InChI=1S/C14H10OS/c15-13-9-11-5-2-1-4-10(11)8-12(13)14-6-3-7-16-14/h1-9,15H. The smallest absolute Gasteiger partial charge is 0.124 e. The van der Waals surface area contributed by atoms with E-state index in [-0.39, 0.29) is 0 Å². The maximum absolute atomic E-state index is 9.99. The van der Waals surface area contributed by atoms with E-state index in [0.29, 0.717) is 5.75 Å². The van der Waals surface area contributed by atoms with Crippen molar-refractivity contribution in [3.05, 3.63) is 53.9 Å². The Hall–Kier alpha value is -1.80. The molecule has 3 rings (SSSR count). The number of aromatic hydroxyl groups is 1. The van der Waals surface area contributed by atoms with E-state index in [1.807, 2.05) is 47.8 Å². The number of phenols is 1. The van der Waals surface area contributed by atoms with Crippen LogP contribution in [0.4, 0.5) is 0 Å². The zero-order valence-electron chi connectivity index (χ0n) is 8.55. The van der Waals surface area contributed by atoms with Crippen LogP contribution in [0.1, 0.15) is 0 Å². The minimum Gasteiger partial charge on any atom is -0.507 e. The van der Waals surface area contributed by atoms with Crippen LogP contribution in [0.15, 0.2) is 53.9 Å². The third-order valence-corrected chi connectivity index (χ3v) is 3.55. The van der Waals surface area contributed by atoms with Crippen LogP contribution >= 0.6 is 11.3 Å². The molecule has 1 nitrogen and oxygen atoms in total. The number of benzene rings is 2. The van der Waals surface area contributed by atoms with Gasteiger partial charge in [-0.3, -0.25) is 0 Å². The van der Waals surface area contributed by atoms with E-state index in [1.165, 1.54) is 0 Å². The van der Waals surface area contributed by atoms with Crippen LogP contribution in [0, 0.1) is 0 Å². The molecule has 2 heteroatoms. The second-order valence-corrected chi connectivity index (χ2v) is 4.64. The fourth-order valence-electron chi connectivity index (χ4n) is 1.86. The highest BCUT2D eigenvalue weighted by Crippen LogP contribution is 2.35. The summed E-state index contributed by atoms with van der Waals surface area (Å²) in [5.74, 6) is 0.348. The van der Waals surface area contributed by atoms with Gasteiger partial charge in [-0.15, -0.1) is 11.3 Å². The largest absolute Gasteiger partial charge is 0.507 e. The molecule has 0 aliphatic rings. The summed E-state index contributed by atoms with van der Waals surface area (Å²) >= 11 is 1.64. The molecule has 0 bridgehead atoms. The Bertz CT molecular complexity index is 626. The molecule has 0 radical (unpaired) electrons. The number of hydrogen-bond donors (Lipinski definition) is 1. The Balaban J connectivity index is 2.30. The zero-order valence-corrected chi connectivity index (χ0v) is 9.37. The van der Waals surface area contributed by atoms with Gasteiger partial charge in [-0.2, -0.15) is 0 Å². The fourth-order valence-corrected chi connectivity index (χ4v) is 2.61. The number of thiophene rings is 1. The maximum Gasteiger partial charge on any atom is 0.124 e. The first-order chi connectivity index (χ1) is 7.84. The van der Waals surface area contributed by atoms with Crippen molar-refractivity contribution >= 4 is 22.1 Å². The lowest BCUT2D eigenvalue weighted by atomic mass is 10.1. The van der Waals surface area contributed by atoms with E-state index in [2.05, 4.69) is 6.07 Å². The predicted molar refractivity (Wildman–Crippen MR) is 68.9 cm³/mol. The number of fused-ring (bicyclic) bond motifs is 1. The van der Waals surface area contributed by atoms with E-state index in [4.69, 9.17) is 0 Å². The minimum atomic E-state index is 0.348. The van der Waals surface area contributed by atoms with E-state index in [1.54, 1.807) is 11.3 Å². The highest BCUT2D eigenvalue weighted by atomic mass is 32.1. The number of phenolic OH excluding ortho intramolecular Hbond substituents is 1. The number of hydrogen-bond acceptors (Lipinski definition) is 2. The van der Waals surface area contributed by atoms with Gasteiger partial charge in [-0.05, 0) is 34.4 Å². The van der Waals surface area contributed by atoms with Crippen LogP contribution in [-0.4, -0.2) is 5.11 Å². The summed E-state index contributed by atoms with van der Waals surface area (Å²) in [4.78, 5) is 1.10. The molecule has 0 saturated heterocycles. The first-order valence-corrected chi connectivity index (χ1v) is 5.98. The summed E-state index contributed by atoms with van der Waals surface area (Å²) < 4.78 is 0. The molecule has 2 aromatic carbocycles. The highest BCUT2D eigenvalue weighted by Gasteiger charge is 2.06. The van der Waals surface area contributed by atoms with Gasteiger partial charge in [0.2, 0.25) is 0 Å². The number of rotatable bonds is 1. The fraction of sp³-hybridized carbons (Fsp3) is 0. The van der Waals surface area contributed by atoms with E-state index in [9.17, 15) is 5.11 Å². The SMILES string of the molecule is Oc1cc2ccccc2cc1-c1cccs1. The lowest BCUT2D eigenvalue weighted by Crippen LogP contribution is -1.77. The van der Waals surface area contributed by atoms with Crippen LogP contribution in [0.2, 0.25) is 0 Å². The van der Waals surface area contributed by atoms with Crippen molar-refractivity contribution in [2.45, 2.75) is 0 Å². The molecule has 0 unspecified atom stereocenters. The van der Waals surface area contributed by atoms with Gasteiger partial charge in [-0.25, -0.2) is 0 Å². The summed E-state index contributed by atoms with van der Waals surface area (Å²) in [5.41, 5.74) is 0.911. The van der Waals surface area contributed by atoms with E-state index >= 15 is 0 Å². The summed E-state index contributed by atoms with van der Waals surface area (Å²) in [7, 11) is 0. The summed E-state index contributed by atoms with van der Waals surface area (Å²) in [6, 6.07) is 15.9. The Kier molecular flexibility index (Phi) is 2.15. The van der Waals surface area contributed by atoms with Crippen molar-refractivity contribution in [1.29, 1.82) is 0 Å². The Morgan fingerprint density at radius 1 is 0.875 bits per heavy atom. The van der Waals surface area contributed by atoms with Crippen molar-refractivity contribution in [2.75, 3.05) is 0 Å². The van der Waals surface area contributed by atoms with Crippen molar-refractivity contribution in [2.24, 2.45) is 0 Å². The summed E-state index contributed by atoms with van der Waals surface area (Å²) in [6.45, 7) is 0. The Labute approximate surface area is 97.6 Å². The van der Waals surface area contributed by atoms with Crippen LogP contribution < -0.4 is 0 Å². The first-order valence-electron chi connectivity index (χ1n) is 5.10. The van der Waals surface area contributed by atoms with Gasteiger partial charge in [0.1, 0.15) is 5.75 Å². The molecule has 0 aliphatic heterocycles. The molecule has 78 valence electrons. The molecule has 0 saturated carbocycles. The van der Waals surface area contributed by atoms with E-state index < -0.39 is 0 Å². The lowest BCUT2D eigenvalue weighted by molar-refractivity contribution is 0.478. The molecule has 0 aliphatic carbocycles. The summed E-state index contributed by atoms with van der Waals surface area (Å²) in [6.07, 6.45) is 0. The average Bonchev–Trinajstić information content (AvgIpc) is 2.81. The minimum absolute atomic E-state index is 0.348. The first kappa shape index (κ1) is 9.43. The van der Waals surface area contributed by atoms with Crippen molar-refractivity contribution in [1.82, 2.24) is 0 Å². The second-order valence-electron chi connectivity index (χ2n) is 3.69. The van der Waals surface area contributed by atoms with Crippen LogP contribution in [0.5, 0.6) is 5.75 Å². The molecule has 1 heterocycles. The lowest BCUT2D eigenvalue weighted by Gasteiger charge is -2.04. The predicted octanol–water partition coefficient (Wildman–Crippen LogP) is 4.27. The molecule has 1 N–H and O–H groups in total. The van der Waals surface area contributed by atoms with Crippen LogP contribution in [0.25, 0.3) is 21.2 Å². The quantitative estimate of drug-likeness (QED) is 0.656. The molecule has 0 spiro atoms. The van der Waals surface area contributed by atoms with E-state index in [0.717, 1.165) is 21.2 Å². The average molecular weight is 226 g/mol. The molecular formula is C14H10OS. The normalized spacial score (nSPS) is 10.8. The zero-order chi connectivity index (χ0) is 11.0. The van der Waals surface area contributed by atoms with Gasteiger partial charge in [0.05, 0.1) is 0 Å². The highest BCUT2D eigenvalue weighted by molar-refractivity contribution is 7.13. The topological polar surface area (TPSA) is 20.2 Å². The Morgan fingerprint density at radius 2 is 1.62 bits per heavy atom. The van der Waals surface area contributed by atoms with Gasteiger partial charge in [-0.1, -0.05) is 30.3 Å². The second kappa shape index (κ2) is 3.65. The molecule has 0 atom stereocenters. The van der Waals surface area contributed by atoms with Crippen LogP contribution in [0.3, 0.4) is 0 Å². The van der Waals surface area contributed by atoms with Crippen molar-refractivity contribution in [3.63, 3.8) is 0 Å².